The van der Waals surface area contributed by atoms with Gasteiger partial charge in [0.1, 0.15) is 0 Å². The molecule has 8 heteroatoms. The van der Waals surface area contributed by atoms with E-state index in [0.717, 1.165) is 48.7 Å². The van der Waals surface area contributed by atoms with Crippen LogP contribution in [0.2, 0.25) is 10.0 Å². The van der Waals surface area contributed by atoms with E-state index in [9.17, 15) is 4.79 Å². The van der Waals surface area contributed by atoms with E-state index in [1.54, 1.807) is 22.9 Å². The number of rotatable bonds is 6. The molecule has 1 saturated heterocycles. The fraction of sp³-hybridized carbons (Fsp3) is 0.412. The average molecular weight is 400 g/mol. The number of aromatic nitrogens is 1. The van der Waals surface area contributed by atoms with E-state index in [1.807, 2.05) is 24.0 Å². The third-order valence-corrected chi connectivity index (χ3v) is 5.72. The molecule has 1 aliphatic rings. The standard InChI is InChI=1S/C17H19Cl2N3O2S/c1-12-16(25-11-20-12)10-24-17(9-23)22-6-4-21(5-7-22)15-3-2-13(18)8-14(15)19/h2-3,8-9,11,17H,4-7,10H2,1H3. The Morgan fingerprint density at radius 1 is 1.32 bits per heavy atom. The molecule has 134 valence electrons. The van der Waals surface area contributed by atoms with Crippen molar-refractivity contribution in [2.24, 2.45) is 0 Å². The molecule has 0 aliphatic carbocycles. The predicted octanol–water partition coefficient (Wildman–Crippen LogP) is 3.62. The third kappa shape index (κ3) is 4.51. The van der Waals surface area contributed by atoms with E-state index in [0.29, 0.717) is 16.7 Å². The lowest BCUT2D eigenvalue weighted by atomic mass is 10.2. The summed E-state index contributed by atoms with van der Waals surface area (Å²) in [5.41, 5.74) is 3.71. The number of piperazine rings is 1. The quantitative estimate of drug-likeness (QED) is 0.694. The molecule has 1 aromatic carbocycles. The normalized spacial score (nSPS) is 16.8. The van der Waals surface area contributed by atoms with E-state index in [4.69, 9.17) is 27.9 Å². The highest BCUT2D eigenvalue weighted by molar-refractivity contribution is 7.09. The van der Waals surface area contributed by atoms with Crippen molar-refractivity contribution in [2.45, 2.75) is 19.8 Å². The first-order chi connectivity index (χ1) is 12.1. The van der Waals surface area contributed by atoms with E-state index >= 15 is 0 Å². The van der Waals surface area contributed by atoms with Crippen LogP contribution in [0.25, 0.3) is 0 Å². The molecule has 25 heavy (non-hydrogen) atoms. The molecule has 1 atom stereocenters. The molecule has 1 fully saturated rings. The summed E-state index contributed by atoms with van der Waals surface area (Å²) in [6.45, 7) is 5.35. The van der Waals surface area contributed by atoms with Gasteiger partial charge in [0.25, 0.3) is 0 Å². The number of benzene rings is 1. The van der Waals surface area contributed by atoms with Crippen LogP contribution in [0.4, 0.5) is 5.69 Å². The molecular weight excluding hydrogens is 381 g/mol. The maximum absolute atomic E-state index is 11.5. The first-order valence-corrected chi connectivity index (χ1v) is 9.62. The number of thiazole rings is 1. The van der Waals surface area contributed by atoms with Crippen molar-refractivity contribution in [3.63, 3.8) is 0 Å². The predicted molar refractivity (Wildman–Crippen MR) is 102 cm³/mol. The van der Waals surface area contributed by atoms with Crippen LogP contribution in [-0.2, 0) is 16.1 Å². The maximum Gasteiger partial charge on any atom is 0.167 e. The number of aryl methyl sites for hydroxylation is 1. The van der Waals surface area contributed by atoms with Gasteiger partial charge in [0.05, 0.1) is 33.4 Å². The van der Waals surface area contributed by atoms with Gasteiger partial charge in [-0.05, 0) is 25.1 Å². The van der Waals surface area contributed by atoms with E-state index in [-0.39, 0.29) is 0 Å². The number of aldehydes is 1. The lowest BCUT2D eigenvalue weighted by Crippen LogP contribution is -2.51. The number of ether oxygens (including phenoxy) is 1. The summed E-state index contributed by atoms with van der Waals surface area (Å²) < 4.78 is 5.80. The first kappa shape index (κ1) is 18.6. The molecule has 0 N–H and O–H groups in total. The minimum absolute atomic E-state index is 0.406. The summed E-state index contributed by atoms with van der Waals surface area (Å²) in [5, 5.41) is 1.27. The molecule has 1 aromatic heterocycles. The van der Waals surface area contributed by atoms with Gasteiger partial charge in [-0.15, -0.1) is 11.3 Å². The molecule has 0 amide bonds. The van der Waals surface area contributed by atoms with Gasteiger partial charge in [0, 0.05) is 31.2 Å². The highest BCUT2D eigenvalue weighted by atomic mass is 35.5. The molecule has 0 spiro atoms. The first-order valence-electron chi connectivity index (χ1n) is 7.98. The number of hydrogen-bond acceptors (Lipinski definition) is 6. The van der Waals surface area contributed by atoms with Crippen molar-refractivity contribution in [1.82, 2.24) is 9.88 Å². The molecule has 1 unspecified atom stereocenters. The number of carbonyl (C=O) groups is 1. The van der Waals surface area contributed by atoms with Crippen molar-refractivity contribution in [2.75, 3.05) is 31.1 Å². The lowest BCUT2D eigenvalue weighted by Gasteiger charge is -2.38. The fourth-order valence-electron chi connectivity index (χ4n) is 2.81. The number of halogens is 2. The van der Waals surface area contributed by atoms with Crippen LogP contribution in [0.1, 0.15) is 10.6 Å². The molecule has 0 saturated carbocycles. The molecule has 2 aromatic rings. The summed E-state index contributed by atoms with van der Waals surface area (Å²) in [6, 6.07) is 5.52. The van der Waals surface area contributed by atoms with Crippen molar-refractivity contribution in [1.29, 1.82) is 0 Å². The molecule has 5 nitrogen and oxygen atoms in total. The van der Waals surface area contributed by atoms with E-state index in [2.05, 4.69) is 9.88 Å². The number of nitrogens with zero attached hydrogens (tertiary/aromatic N) is 3. The van der Waals surface area contributed by atoms with Crippen LogP contribution >= 0.6 is 34.5 Å². The molecule has 3 rings (SSSR count). The summed E-state index contributed by atoms with van der Waals surface area (Å²) in [7, 11) is 0. The summed E-state index contributed by atoms with van der Waals surface area (Å²) >= 11 is 13.8. The largest absolute Gasteiger partial charge is 0.368 e. The zero-order valence-corrected chi connectivity index (χ0v) is 16.2. The zero-order valence-electron chi connectivity index (χ0n) is 13.8. The zero-order chi connectivity index (χ0) is 17.8. The Kier molecular flexibility index (Phi) is 6.30. The van der Waals surface area contributed by atoms with Crippen LogP contribution < -0.4 is 4.90 Å². The van der Waals surface area contributed by atoms with Gasteiger partial charge in [-0.1, -0.05) is 23.2 Å². The smallest absolute Gasteiger partial charge is 0.167 e. The van der Waals surface area contributed by atoms with Crippen molar-refractivity contribution < 1.29 is 9.53 Å². The van der Waals surface area contributed by atoms with E-state index in [1.165, 1.54) is 0 Å². The number of hydrogen-bond donors (Lipinski definition) is 0. The van der Waals surface area contributed by atoms with Gasteiger partial charge in [-0.3, -0.25) is 9.69 Å². The third-order valence-electron chi connectivity index (χ3n) is 4.27. The Morgan fingerprint density at radius 2 is 2.08 bits per heavy atom. The molecule has 0 radical (unpaired) electrons. The summed E-state index contributed by atoms with van der Waals surface area (Å²) in [6.07, 6.45) is 0.325. The Labute approximate surface area is 161 Å². The lowest BCUT2D eigenvalue weighted by molar-refractivity contribution is -0.133. The van der Waals surface area contributed by atoms with Crippen molar-refractivity contribution in [3.05, 3.63) is 44.3 Å². The highest BCUT2D eigenvalue weighted by Gasteiger charge is 2.25. The minimum atomic E-state index is -0.538. The minimum Gasteiger partial charge on any atom is -0.368 e. The molecular formula is C17H19Cl2N3O2S. The van der Waals surface area contributed by atoms with Crippen LogP contribution in [0.5, 0.6) is 0 Å². The van der Waals surface area contributed by atoms with E-state index < -0.39 is 6.23 Å². The van der Waals surface area contributed by atoms with Gasteiger partial charge in [0.2, 0.25) is 0 Å². The van der Waals surface area contributed by atoms with Crippen molar-refractivity contribution in [3.8, 4) is 0 Å². The second-order valence-electron chi connectivity index (χ2n) is 5.82. The summed E-state index contributed by atoms with van der Waals surface area (Å²) in [4.78, 5) is 21.0. The van der Waals surface area contributed by atoms with Crippen LogP contribution in [-0.4, -0.2) is 48.6 Å². The van der Waals surface area contributed by atoms with Gasteiger partial charge < -0.3 is 9.64 Å². The Morgan fingerprint density at radius 3 is 2.68 bits per heavy atom. The number of anilines is 1. The molecule has 2 heterocycles. The van der Waals surface area contributed by atoms with Gasteiger partial charge in [-0.25, -0.2) is 4.98 Å². The maximum atomic E-state index is 11.5. The Balaban J connectivity index is 1.56. The van der Waals surface area contributed by atoms with Crippen LogP contribution in [0, 0.1) is 6.92 Å². The monoisotopic (exact) mass is 399 g/mol. The topological polar surface area (TPSA) is 45.7 Å². The molecule has 0 bridgehead atoms. The van der Waals surface area contributed by atoms with Gasteiger partial charge in [-0.2, -0.15) is 0 Å². The Bertz CT molecular complexity index is 732. The fourth-order valence-corrected chi connectivity index (χ4v) is 4.04. The second kappa shape index (κ2) is 8.47. The number of carbonyl (C=O) groups excluding carboxylic acids is 1. The van der Waals surface area contributed by atoms with Gasteiger partial charge >= 0.3 is 0 Å². The van der Waals surface area contributed by atoms with Gasteiger partial charge in [0.15, 0.2) is 12.5 Å². The average Bonchev–Trinajstić information content (AvgIpc) is 3.01. The molecule has 1 aliphatic heterocycles. The van der Waals surface area contributed by atoms with Crippen molar-refractivity contribution >= 4 is 46.5 Å². The Hall–Kier alpha value is -1.18. The second-order valence-corrected chi connectivity index (χ2v) is 7.60. The highest BCUT2D eigenvalue weighted by Crippen LogP contribution is 2.29. The SMILES string of the molecule is Cc1ncsc1COC(C=O)N1CCN(c2ccc(Cl)cc2Cl)CC1. The van der Waals surface area contributed by atoms with Crippen LogP contribution in [0.15, 0.2) is 23.7 Å². The summed E-state index contributed by atoms with van der Waals surface area (Å²) in [5.74, 6) is 0. The van der Waals surface area contributed by atoms with Crippen LogP contribution in [0.3, 0.4) is 0 Å².